The van der Waals surface area contributed by atoms with E-state index in [9.17, 15) is 55.7 Å². The number of esters is 2. The van der Waals surface area contributed by atoms with Crippen LogP contribution < -0.4 is 48.0 Å². The lowest BCUT2D eigenvalue weighted by Crippen LogP contribution is -2.37. The monoisotopic (exact) mass is 2040 g/mol. The number of morpholine rings is 2. The fourth-order valence-electron chi connectivity index (χ4n) is 23.9. The fraction of sp³-hybridized carbons (Fsp3) is 0.387. The first-order chi connectivity index (χ1) is 72.5. The number of carbonyl (C=O) groups is 4. The Hall–Kier alpha value is -14.0. The Morgan fingerprint density at radius 3 is 1.09 bits per heavy atom. The van der Waals surface area contributed by atoms with E-state index in [1.165, 1.54) is 24.3 Å². The molecule has 4 fully saturated rings. The summed E-state index contributed by atoms with van der Waals surface area (Å²) in [6.07, 6.45) is 10.9. The average Bonchev–Trinajstić information content (AvgIpc) is 1.53. The molecule has 6 aliphatic heterocycles. The highest BCUT2D eigenvalue weighted by Gasteiger charge is 2.50. The predicted octanol–water partition coefficient (Wildman–Crippen LogP) is 27.3. The minimum atomic E-state index is -4.58. The first-order valence-corrected chi connectivity index (χ1v) is 53.0. The maximum atomic E-state index is 14.8. The van der Waals surface area contributed by atoms with E-state index in [0.717, 1.165) is 277 Å². The number of piperidine rings is 2. The van der Waals surface area contributed by atoms with Gasteiger partial charge in [-0.25, -0.2) is 0 Å². The lowest BCUT2D eigenvalue weighted by atomic mass is 9.76. The second kappa shape index (κ2) is 43.5. The second-order valence-electron chi connectivity index (χ2n) is 41.8. The molecular weight excluding hydrogens is 1920 g/mol. The maximum absolute atomic E-state index is 14.8. The molecule has 2 aliphatic carbocycles. The van der Waals surface area contributed by atoms with Crippen LogP contribution in [0.4, 0.5) is 49.1 Å². The number of hydrogen-bond donors (Lipinski definition) is 2. The zero-order valence-corrected chi connectivity index (χ0v) is 85.8. The van der Waals surface area contributed by atoms with Crippen molar-refractivity contribution >= 4 is 80.3 Å². The Labute approximate surface area is 871 Å². The highest BCUT2D eigenvalue weighted by Crippen LogP contribution is 2.64. The molecule has 0 amide bonds. The lowest BCUT2D eigenvalue weighted by Gasteiger charge is -2.39. The van der Waals surface area contributed by atoms with Crippen LogP contribution in [0.5, 0.6) is 34.5 Å². The number of fused-ring (bicyclic) bond motifs is 16. The normalized spacial score (nSPS) is 18.3. The Kier molecular flexibility index (Phi) is 29.9. The zero-order chi connectivity index (χ0) is 104. The number of carboxylic acids is 2. The molecule has 4 unspecified atom stereocenters. The summed E-state index contributed by atoms with van der Waals surface area (Å²) in [6.45, 7) is 17.0. The number of alkyl halides is 6. The number of rotatable bonds is 37. The largest absolute Gasteiger partial charge is 0.495 e. The summed E-state index contributed by atoms with van der Waals surface area (Å²) in [7, 11) is 3.38. The van der Waals surface area contributed by atoms with Crippen LogP contribution in [0.25, 0.3) is 78.2 Å². The van der Waals surface area contributed by atoms with Gasteiger partial charge in [0.15, 0.2) is 11.2 Å². The van der Waals surface area contributed by atoms with E-state index in [-0.39, 0.29) is 50.0 Å². The SMILES string of the molecule is COc1cc2c3c(c4c(c2cc1N1CCCCC1)-c1ccc(-c2ccccc2C(F)(F)F)cc1C4(C)C)C=CC(c1ccc(OC(CCCCCCCCCCC(COC(=O)CCC(=O)O)Oc2ccc(C4(c5ccc(N6CCOCC6)cc5)C=Cc5c6c(c7cc(N8CCCCC8)c(OC)cc7c5O4)-c4ccc(-c5ccccc5C(F)(F)F)cc4C6(C)C)cc2)COC(=O)CCC(=O)O)cc1)(c1ccc(N2CCOCC2)cc1)O3. The molecule has 782 valence electrons. The van der Waals surface area contributed by atoms with Gasteiger partial charge in [-0.2, -0.15) is 26.3 Å². The lowest BCUT2D eigenvalue weighted by molar-refractivity contribution is -0.149. The van der Waals surface area contributed by atoms with Crippen molar-refractivity contribution in [1.82, 2.24) is 0 Å². The second-order valence-corrected chi connectivity index (χ2v) is 41.8. The molecule has 12 aromatic carbocycles. The zero-order valence-electron chi connectivity index (χ0n) is 85.8. The molecule has 0 radical (unpaired) electrons. The number of unbranched alkanes of at least 4 members (excludes halogenated alkanes) is 7. The highest BCUT2D eigenvalue weighted by atomic mass is 19.4. The molecule has 0 bridgehead atoms. The van der Waals surface area contributed by atoms with Crippen LogP contribution in [0.3, 0.4) is 0 Å². The minimum Gasteiger partial charge on any atom is -0.495 e. The molecule has 4 atom stereocenters. The number of methoxy groups -OCH3 is 2. The van der Waals surface area contributed by atoms with Crippen LogP contribution >= 0.6 is 0 Å². The number of benzene rings is 12. The molecule has 8 aliphatic rings. The summed E-state index contributed by atoms with van der Waals surface area (Å²) < 4.78 is 154. The fourth-order valence-corrected chi connectivity index (χ4v) is 23.9. The Morgan fingerprint density at radius 2 is 0.740 bits per heavy atom. The first-order valence-electron chi connectivity index (χ1n) is 53.0. The van der Waals surface area contributed by atoms with Gasteiger partial charge in [-0.3, -0.25) is 19.2 Å². The number of halogens is 6. The number of ether oxygens (including phenoxy) is 10. The van der Waals surface area contributed by atoms with Crippen LogP contribution in [-0.4, -0.2) is 153 Å². The van der Waals surface area contributed by atoms with E-state index in [1.807, 2.05) is 84.9 Å². The first kappa shape index (κ1) is 103. The van der Waals surface area contributed by atoms with Gasteiger partial charge in [-0.1, -0.05) is 188 Å². The van der Waals surface area contributed by atoms with Gasteiger partial charge in [0.05, 0.1) is 88.8 Å². The number of carbonyl (C=O) groups excluding carboxylic acids is 2. The Balaban J connectivity index is 0.535. The summed E-state index contributed by atoms with van der Waals surface area (Å²) in [5.74, 6) is 0.0763. The van der Waals surface area contributed by atoms with E-state index in [4.69, 9.17) is 47.4 Å². The number of carboxylic acid groups (broad SMARTS) is 2. The standard InChI is InChI=1S/C124H128F6N4O16/c1-119(2)103-71-79(91-27-17-19-29-101(91)123(125,126)127)31-49-93(103)113-97-73-105(133-59-21-13-22-60-133)107(141-5)75-99(97)117-95(115(113)119)55-57-121(149-117,81-33-41-85(42-34-81)131-63-67-143-68-64-131)83-37-45-87(46-38-83)147-89(77-145-111(139)53-51-109(135)136)25-15-11-9-7-8-10-12-16-26-90(78-146-112(140)54-52-110(137)138)148-88-47-39-84(40-48-88)122(82-35-43-86(44-36-82)132-65-69-144-70-66-132)58-56-96-116-114(98-74-106(134-61-23-14-24-62-134)108(142-6)76-100(98)118(96)150-122)94-50-32-80(72-104(94)120(116,3)4)92-28-18-20-30-102(92)124(128,129)130/h17-20,27-50,55-58,71-76,89-90H,7-16,21-26,51-54,59-70,77-78H2,1-6H3,(H,135,136)(H,137,138). The molecule has 0 spiro atoms. The van der Waals surface area contributed by atoms with Crippen LogP contribution in [0.2, 0.25) is 0 Å². The number of nitrogens with zero attached hydrogens (tertiary/aromatic N) is 4. The van der Waals surface area contributed by atoms with Gasteiger partial charge in [0, 0.05) is 119 Å². The molecule has 0 aromatic heterocycles. The van der Waals surface area contributed by atoms with E-state index < -0.39 is 81.6 Å². The van der Waals surface area contributed by atoms with Crippen LogP contribution in [-0.2, 0) is 72.5 Å². The number of hydrogen-bond acceptors (Lipinski definition) is 18. The molecule has 20 nitrogen and oxygen atoms in total. The summed E-state index contributed by atoms with van der Waals surface area (Å²) in [5, 5.41) is 22.5. The summed E-state index contributed by atoms with van der Waals surface area (Å²) >= 11 is 0. The smallest absolute Gasteiger partial charge is 0.417 e. The molecule has 20 rings (SSSR count). The van der Waals surface area contributed by atoms with Crippen molar-refractivity contribution in [2.45, 2.75) is 203 Å². The van der Waals surface area contributed by atoms with Crippen molar-refractivity contribution in [3.8, 4) is 79.0 Å². The van der Waals surface area contributed by atoms with E-state index in [2.05, 4.69) is 144 Å². The van der Waals surface area contributed by atoms with Gasteiger partial charge in [-0.15, -0.1) is 0 Å². The predicted molar refractivity (Wildman–Crippen MR) is 573 cm³/mol. The van der Waals surface area contributed by atoms with Gasteiger partial charge in [-0.05, 0) is 251 Å². The van der Waals surface area contributed by atoms with Gasteiger partial charge >= 0.3 is 36.2 Å². The molecule has 150 heavy (non-hydrogen) atoms. The molecule has 4 saturated heterocycles. The quantitative estimate of drug-likeness (QED) is 0.0210. The number of aliphatic carboxylic acids is 2. The third-order valence-corrected chi connectivity index (χ3v) is 31.6. The van der Waals surface area contributed by atoms with Crippen molar-refractivity contribution in [3.63, 3.8) is 0 Å². The molecular formula is C124H128F6N4O16. The Morgan fingerprint density at radius 1 is 0.387 bits per heavy atom. The molecule has 12 aromatic rings. The third kappa shape index (κ3) is 20.9. The van der Waals surface area contributed by atoms with Gasteiger partial charge in [0.25, 0.3) is 0 Å². The molecule has 0 saturated carbocycles. The summed E-state index contributed by atoms with van der Waals surface area (Å²) in [4.78, 5) is 59.1. The van der Waals surface area contributed by atoms with Gasteiger partial charge < -0.3 is 77.2 Å². The van der Waals surface area contributed by atoms with Crippen LogP contribution in [0.15, 0.2) is 218 Å². The Bertz CT molecular complexity index is 6660. The summed E-state index contributed by atoms with van der Waals surface area (Å²) in [5.41, 5.74) is 12.1. The average molecular weight is 2040 g/mol. The number of anilines is 4. The highest BCUT2D eigenvalue weighted by molar-refractivity contribution is 6.13. The van der Waals surface area contributed by atoms with Crippen molar-refractivity contribution in [3.05, 3.63) is 285 Å². The molecule has 6 heterocycles. The van der Waals surface area contributed by atoms with Crippen LogP contribution in [0.1, 0.15) is 223 Å². The van der Waals surface area contributed by atoms with Crippen LogP contribution in [0, 0.1) is 0 Å². The summed E-state index contributed by atoms with van der Waals surface area (Å²) in [6, 6.07) is 64.0. The minimum absolute atomic E-state index is 0.103. The third-order valence-electron chi connectivity index (χ3n) is 31.6. The van der Waals surface area contributed by atoms with E-state index in [1.54, 1.807) is 26.4 Å². The van der Waals surface area contributed by atoms with Crippen molar-refractivity contribution in [1.29, 1.82) is 0 Å². The maximum Gasteiger partial charge on any atom is 0.417 e. The van der Waals surface area contributed by atoms with Gasteiger partial charge in [0.2, 0.25) is 0 Å². The van der Waals surface area contributed by atoms with Crippen molar-refractivity contribution in [2.24, 2.45) is 0 Å². The molecule has 2 N–H and O–H groups in total. The van der Waals surface area contributed by atoms with Gasteiger partial charge in [0.1, 0.15) is 59.9 Å². The van der Waals surface area contributed by atoms with Crippen molar-refractivity contribution in [2.75, 3.05) is 126 Å². The molecule has 26 heteroatoms. The van der Waals surface area contributed by atoms with E-state index >= 15 is 0 Å². The van der Waals surface area contributed by atoms with E-state index in [0.29, 0.717) is 84.9 Å². The topological polar surface area (TPSA) is 214 Å². The van der Waals surface area contributed by atoms with Crippen molar-refractivity contribution < 1.29 is 103 Å².